The van der Waals surface area contributed by atoms with Crippen LogP contribution in [0.15, 0.2) is 0 Å². The van der Waals surface area contributed by atoms with Crippen molar-refractivity contribution >= 4 is 9.84 Å². The maximum Gasteiger partial charge on any atom is 0.154 e. The van der Waals surface area contributed by atoms with E-state index in [1.54, 1.807) is 13.8 Å². The van der Waals surface area contributed by atoms with E-state index < -0.39 is 15.4 Å². The van der Waals surface area contributed by atoms with Crippen molar-refractivity contribution in [3.8, 4) is 0 Å². The van der Waals surface area contributed by atoms with E-state index in [0.29, 0.717) is 19.2 Å². The molecule has 5 nitrogen and oxygen atoms in total. The van der Waals surface area contributed by atoms with Crippen LogP contribution in [0.2, 0.25) is 0 Å². The molecule has 108 valence electrons. The van der Waals surface area contributed by atoms with E-state index in [1.807, 2.05) is 0 Å². The number of nitrogens with zero attached hydrogens (tertiary/aromatic N) is 1. The van der Waals surface area contributed by atoms with Crippen molar-refractivity contribution in [2.45, 2.75) is 45.4 Å². The van der Waals surface area contributed by atoms with Crippen molar-refractivity contribution in [1.29, 1.82) is 0 Å². The van der Waals surface area contributed by atoms with Crippen molar-refractivity contribution in [2.24, 2.45) is 5.73 Å². The number of morpholine rings is 1. The Bertz CT molecular complexity index is 360. The zero-order valence-corrected chi connectivity index (χ0v) is 12.7. The molecule has 0 spiro atoms. The summed E-state index contributed by atoms with van der Waals surface area (Å²) in [5.74, 6) is 0.0678. The molecule has 18 heavy (non-hydrogen) atoms. The lowest BCUT2D eigenvalue weighted by Crippen LogP contribution is -2.49. The maximum atomic E-state index is 12.0. The van der Waals surface area contributed by atoms with Crippen LogP contribution in [0.4, 0.5) is 0 Å². The first-order chi connectivity index (χ1) is 8.09. The number of nitrogens with two attached hydrogens (primary N) is 1. The Morgan fingerprint density at radius 2 is 2.06 bits per heavy atom. The highest BCUT2D eigenvalue weighted by molar-refractivity contribution is 7.91. The summed E-state index contributed by atoms with van der Waals surface area (Å²) in [5.41, 5.74) is 5.08. The van der Waals surface area contributed by atoms with E-state index in [0.717, 1.165) is 6.54 Å². The molecule has 6 heteroatoms. The summed E-state index contributed by atoms with van der Waals surface area (Å²) in [4.78, 5) is 2.25. The van der Waals surface area contributed by atoms with Crippen molar-refractivity contribution in [3.05, 3.63) is 0 Å². The summed E-state index contributed by atoms with van der Waals surface area (Å²) in [6, 6.07) is 0.421. The molecule has 0 saturated carbocycles. The summed E-state index contributed by atoms with van der Waals surface area (Å²) in [5, 5.41) is 0. The average molecular weight is 278 g/mol. The molecular weight excluding hydrogens is 252 g/mol. The predicted octanol–water partition coefficient (Wildman–Crippen LogP) is 0.248. The molecule has 0 aliphatic carbocycles. The Balaban J connectivity index is 2.56. The molecule has 1 saturated heterocycles. The Labute approximate surface area is 111 Å². The summed E-state index contributed by atoms with van der Waals surface area (Å²) in [6.45, 7) is 9.84. The molecule has 1 aliphatic heterocycles. The van der Waals surface area contributed by atoms with Gasteiger partial charge >= 0.3 is 0 Å². The summed E-state index contributed by atoms with van der Waals surface area (Å²) in [7, 11) is -3.16. The van der Waals surface area contributed by atoms with Crippen molar-refractivity contribution in [2.75, 3.05) is 31.2 Å². The van der Waals surface area contributed by atoms with Crippen LogP contribution in [-0.2, 0) is 14.6 Å². The first-order valence-electron chi connectivity index (χ1n) is 6.44. The van der Waals surface area contributed by atoms with E-state index in [-0.39, 0.29) is 17.6 Å². The summed E-state index contributed by atoms with van der Waals surface area (Å²) >= 11 is 0. The number of hydrogen-bond acceptors (Lipinski definition) is 5. The monoisotopic (exact) mass is 278 g/mol. The molecule has 0 aromatic rings. The zero-order chi connectivity index (χ0) is 14.0. The Hall–Kier alpha value is -0.170. The number of sulfone groups is 1. The quantitative estimate of drug-likeness (QED) is 0.780. The van der Waals surface area contributed by atoms with Crippen molar-refractivity contribution in [3.63, 3.8) is 0 Å². The number of rotatable bonds is 5. The molecular formula is C12H26N2O3S. The highest BCUT2D eigenvalue weighted by Crippen LogP contribution is 2.13. The van der Waals surface area contributed by atoms with E-state index in [1.165, 1.54) is 0 Å². The number of hydrogen-bond donors (Lipinski definition) is 1. The third-order valence-electron chi connectivity index (χ3n) is 2.93. The van der Waals surface area contributed by atoms with Crippen LogP contribution < -0.4 is 5.73 Å². The molecule has 2 N–H and O–H groups in total. The van der Waals surface area contributed by atoms with Gasteiger partial charge in [-0.15, -0.1) is 0 Å². The van der Waals surface area contributed by atoms with Crippen molar-refractivity contribution in [1.82, 2.24) is 4.90 Å². The lowest BCUT2D eigenvalue weighted by atomic mass is 10.1. The van der Waals surface area contributed by atoms with Gasteiger partial charge in [0.2, 0.25) is 0 Å². The van der Waals surface area contributed by atoms with Crippen LogP contribution in [-0.4, -0.2) is 62.2 Å². The van der Waals surface area contributed by atoms with E-state index in [4.69, 9.17) is 10.5 Å². The van der Waals surface area contributed by atoms with E-state index >= 15 is 0 Å². The van der Waals surface area contributed by atoms with Gasteiger partial charge in [-0.05, 0) is 27.7 Å². The number of ether oxygens (including phenoxy) is 1. The van der Waals surface area contributed by atoms with Crippen LogP contribution in [0.25, 0.3) is 0 Å². The highest BCUT2D eigenvalue weighted by Gasteiger charge is 2.29. The summed E-state index contributed by atoms with van der Waals surface area (Å²) in [6.07, 6.45) is -0.228. The second kappa shape index (κ2) is 5.86. The van der Waals surface area contributed by atoms with Gasteiger partial charge in [-0.3, -0.25) is 4.90 Å². The van der Waals surface area contributed by atoms with Crippen LogP contribution in [0, 0.1) is 0 Å². The van der Waals surface area contributed by atoms with Crippen LogP contribution in [0.3, 0.4) is 0 Å². The second-order valence-corrected chi connectivity index (χ2v) is 8.23. The van der Waals surface area contributed by atoms with E-state index in [9.17, 15) is 8.42 Å². The minimum Gasteiger partial charge on any atom is -0.374 e. The first-order valence-corrected chi connectivity index (χ1v) is 8.26. The lowest BCUT2D eigenvalue weighted by molar-refractivity contribution is -0.0272. The Morgan fingerprint density at radius 1 is 1.44 bits per heavy atom. The van der Waals surface area contributed by atoms with Gasteiger partial charge in [0.1, 0.15) is 0 Å². The standard InChI is InChI=1S/C12H26N2O3S/c1-10(2)14-5-6-17-11(7-14)8-18(15,16)9-12(3,4)13/h10-11H,5-9,13H2,1-4H3. The van der Waals surface area contributed by atoms with Gasteiger partial charge in [0.05, 0.1) is 24.2 Å². The summed E-state index contributed by atoms with van der Waals surface area (Å²) < 4.78 is 29.6. The molecule has 0 aromatic carbocycles. The van der Waals surface area contributed by atoms with Gasteiger partial charge in [0, 0.05) is 24.7 Å². The maximum absolute atomic E-state index is 12.0. The molecule has 1 rings (SSSR count). The van der Waals surface area contributed by atoms with Gasteiger partial charge in [0.15, 0.2) is 9.84 Å². The first kappa shape index (κ1) is 15.9. The molecule has 1 fully saturated rings. The van der Waals surface area contributed by atoms with Gasteiger partial charge in [0.25, 0.3) is 0 Å². The van der Waals surface area contributed by atoms with Gasteiger partial charge in [-0.25, -0.2) is 8.42 Å². The molecule has 1 aliphatic rings. The van der Waals surface area contributed by atoms with Gasteiger partial charge in [-0.2, -0.15) is 0 Å². The fraction of sp³-hybridized carbons (Fsp3) is 1.00. The van der Waals surface area contributed by atoms with E-state index in [2.05, 4.69) is 18.7 Å². The molecule has 1 atom stereocenters. The SMILES string of the molecule is CC(C)N1CCOC(CS(=O)(=O)CC(C)(C)N)C1. The molecule has 0 bridgehead atoms. The van der Waals surface area contributed by atoms with Gasteiger partial charge in [-0.1, -0.05) is 0 Å². The molecule has 0 radical (unpaired) electrons. The van der Waals surface area contributed by atoms with Gasteiger partial charge < -0.3 is 10.5 Å². The topological polar surface area (TPSA) is 72.6 Å². The normalized spacial score (nSPS) is 23.6. The molecule has 0 aromatic heterocycles. The lowest BCUT2D eigenvalue weighted by Gasteiger charge is -2.35. The molecule has 1 heterocycles. The smallest absolute Gasteiger partial charge is 0.154 e. The Morgan fingerprint density at radius 3 is 2.56 bits per heavy atom. The minimum atomic E-state index is -3.16. The van der Waals surface area contributed by atoms with Crippen molar-refractivity contribution < 1.29 is 13.2 Å². The van der Waals surface area contributed by atoms with Crippen LogP contribution in [0.1, 0.15) is 27.7 Å². The molecule has 1 unspecified atom stereocenters. The minimum absolute atomic E-state index is 0.00153. The fourth-order valence-electron chi connectivity index (χ4n) is 2.22. The molecule has 0 amide bonds. The Kier molecular flexibility index (Phi) is 5.17. The average Bonchev–Trinajstić information content (AvgIpc) is 2.12. The second-order valence-electron chi connectivity index (χ2n) is 6.12. The zero-order valence-electron chi connectivity index (χ0n) is 11.8. The van der Waals surface area contributed by atoms with Crippen LogP contribution in [0.5, 0.6) is 0 Å². The highest BCUT2D eigenvalue weighted by atomic mass is 32.2. The largest absolute Gasteiger partial charge is 0.374 e. The third-order valence-corrected chi connectivity index (χ3v) is 5.00. The van der Waals surface area contributed by atoms with Crippen LogP contribution >= 0.6 is 0 Å². The third kappa shape index (κ3) is 5.65. The predicted molar refractivity (Wildman–Crippen MR) is 73.4 cm³/mol. The fourth-order valence-corrected chi connectivity index (χ4v) is 4.24.